The number of hydrogen-bond acceptors (Lipinski definition) is 0. The van der Waals surface area contributed by atoms with Crippen molar-refractivity contribution in [1.29, 1.82) is 0 Å². The molecule has 1 aromatic heterocycles. The second-order valence-corrected chi connectivity index (χ2v) is 7.56. The van der Waals surface area contributed by atoms with Crippen LogP contribution in [0.2, 0.25) is 0 Å². The molecule has 1 heterocycles. The molecule has 0 fully saturated rings. The molecule has 0 aliphatic rings. The van der Waals surface area contributed by atoms with Crippen molar-refractivity contribution in [3.05, 3.63) is 99.3 Å². The van der Waals surface area contributed by atoms with Gasteiger partial charge in [0.1, 0.15) is 0 Å². The SMILES string of the molecule is Fc1c(F)c(F)c(-c2bccc(-c3c(F)c(F)c(F)c(F)c3F)c2-c2c(F)c(F)c(F)c(F)c2F)c(F)c1F. The van der Waals surface area contributed by atoms with Gasteiger partial charge < -0.3 is 0 Å². The van der Waals surface area contributed by atoms with Crippen molar-refractivity contribution in [3.63, 3.8) is 0 Å². The molecule has 0 atom stereocenters. The van der Waals surface area contributed by atoms with Crippen LogP contribution in [0.3, 0.4) is 0 Å². The summed E-state index contributed by atoms with van der Waals surface area (Å²) in [6, 6.07) is 0.265. The Hall–Kier alpha value is -3.98. The molecule has 39 heavy (non-hydrogen) atoms. The standard InChI is InChI=1S/C23H2BF15/c25-9-5(10(26)16(32)21(37)15(9)31)3-1-2-24-8(7-13(29)19(35)23(39)20(36)14(7)30)4(3)6-11(27)17(33)22(38)18(34)12(6)28/h1-2H. The first-order chi connectivity index (χ1) is 18.1. The van der Waals surface area contributed by atoms with E-state index in [4.69, 9.17) is 0 Å². The van der Waals surface area contributed by atoms with Gasteiger partial charge in [0.2, 0.25) is 0 Å². The van der Waals surface area contributed by atoms with Crippen LogP contribution in [0.25, 0.3) is 33.3 Å². The molecule has 0 spiro atoms. The van der Waals surface area contributed by atoms with E-state index in [0.717, 1.165) is 0 Å². The normalized spacial score (nSPS) is 11.4. The molecular formula is C23H2BF15. The van der Waals surface area contributed by atoms with E-state index in [1.807, 2.05) is 0 Å². The summed E-state index contributed by atoms with van der Waals surface area (Å²) in [7, 11) is 0. The van der Waals surface area contributed by atoms with Crippen LogP contribution in [0.15, 0.2) is 12.0 Å². The van der Waals surface area contributed by atoms with Gasteiger partial charge in [-0.25, -0.2) is 0 Å². The summed E-state index contributed by atoms with van der Waals surface area (Å²) in [5, 5.41) is 0. The molecule has 0 unspecified atom stereocenters. The second-order valence-electron chi connectivity index (χ2n) is 7.56. The summed E-state index contributed by atoms with van der Waals surface area (Å²) in [6.07, 6.45) is 0. The molecule has 0 aliphatic carbocycles. The van der Waals surface area contributed by atoms with E-state index in [1.165, 1.54) is 0 Å². The Balaban J connectivity index is 2.34. The third kappa shape index (κ3) is 3.95. The Morgan fingerprint density at radius 2 is 0.590 bits per heavy atom. The second kappa shape index (κ2) is 9.65. The zero-order valence-corrected chi connectivity index (χ0v) is 17.9. The molecular weight excluding hydrogens is 572 g/mol. The molecule has 0 bridgehead atoms. The van der Waals surface area contributed by atoms with E-state index in [9.17, 15) is 65.9 Å². The first-order valence-corrected chi connectivity index (χ1v) is 9.83. The molecule has 0 nitrogen and oxygen atoms in total. The first-order valence-electron chi connectivity index (χ1n) is 9.83. The van der Waals surface area contributed by atoms with E-state index < -0.39 is 121 Å². The Bertz CT molecular complexity index is 1540. The summed E-state index contributed by atoms with van der Waals surface area (Å²) in [6.45, 7) is 0.265. The number of hydrogen-bond donors (Lipinski definition) is 0. The number of rotatable bonds is 3. The van der Waals surface area contributed by atoms with Gasteiger partial charge in [0.05, 0.1) is 0 Å². The molecule has 0 N–H and O–H groups in total. The van der Waals surface area contributed by atoms with Gasteiger partial charge in [0.25, 0.3) is 0 Å². The van der Waals surface area contributed by atoms with E-state index in [-0.39, 0.29) is 13.0 Å². The van der Waals surface area contributed by atoms with Crippen molar-refractivity contribution in [2.75, 3.05) is 0 Å². The molecule has 0 saturated heterocycles. The van der Waals surface area contributed by atoms with Crippen molar-refractivity contribution in [2.45, 2.75) is 0 Å². The van der Waals surface area contributed by atoms with Crippen LogP contribution in [0.4, 0.5) is 65.9 Å². The van der Waals surface area contributed by atoms with Crippen LogP contribution in [0.5, 0.6) is 0 Å². The zero-order chi connectivity index (χ0) is 29.2. The van der Waals surface area contributed by atoms with Gasteiger partial charge in [-0.2, -0.15) is 0 Å². The maximum absolute atomic E-state index is 14.8. The fourth-order valence-electron chi connectivity index (χ4n) is 3.75. The van der Waals surface area contributed by atoms with Crippen LogP contribution in [0.1, 0.15) is 0 Å². The van der Waals surface area contributed by atoms with Crippen molar-refractivity contribution in [1.82, 2.24) is 0 Å². The zero-order valence-electron chi connectivity index (χ0n) is 17.9. The topological polar surface area (TPSA) is 0 Å². The summed E-state index contributed by atoms with van der Waals surface area (Å²) in [5.74, 6) is -40.7. The van der Waals surface area contributed by atoms with Gasteiger partial charge in [-0.3, -0.25) is 0 Å². The molecule has 4 aromatic rings. The van der Waals surface area contributed by atoms with Gasteiger partial charge in [0, 0.05) is 0 Å². The summed E-state index contributed by atoms with van der Waals surface area (Å²) < 4.78 is 213. The van der Waals surface area contributed by atoms with E-state index in [0.29, 0.717) is 5.96 Å². The van der Waals surface area contributed by atoms with Crippen LogP contribution in [-0.2, 0) is 0 Å². The van der Waals surface area contributed by atoms with Gasteiger partial charge in [-0.05, 0) is 0 Å². The van der Waals surface area contributed by atoms with Gasteiger partial charge >= 0.3 is 205 Å². The third-order valence-corrected chi connectivity index (χ3v) is 5.48. The van der Waals surface area contributed by atoms with E-state index >= 15 is 0 Å². The molecule has 202 valence electrons. The Morgan fingerprint density at radius 1 is 0.308 bits per heavy atom. The molecule has 0 radical (unpaired) electrons. The quantitative estimate of drug-likeness (QED) is 0.132. The van der Waals surface area contributed by atoms with Crippen LogP contribution in [-0.4, -0.2) is 6.91 Å². The summed E-state index contributed by atoms with van der Waals surface area (Å²) in [5.41, 5.74) is -11.6. The van der Waals surface area contributed by atoms with Crippen molar-refractivity contribution in [2.24, 2.45) is 0 Å². The van der Waals surface area contributed by atoms with Crippen molar-refractivity contribution >= 4 is 6.91 Å². The Morgan fingerprint density at radius 3 is 0.949 bits per heavy atom. The number of benzene rings is 3. The van der Waals surface area contributed by atoms with Crippen molar-refractivity contribution in [3.8, 4) is 33.3 Å². The molecule has 0 amide bonds. The summed E-state index contributed by atoms with van der Waals surface area (Å²) >= 11 is 0. The Kier molecular flexibility index (Phi) is 6.94. The summed E-state index contributed by atoms with van der Waals surface area (Å²) in [4.78, 5) is 0. The van der Waals surface area contributed by atoms with Crippen LogP contribution < -0.4 is 0 Å². The predicted octanol–water partition coefficient (Wildman–Crippen LogP) is 8.11. The first kappa shape index (κ1) is 28.0. The predicted molar refractivity (Wildman–Crippen MR) is 103 cm³/mol. The maximum atomic E-state index is 14.8. The number of halogens is 15. The molecule has 4 rings (SSSR count). The minimum atomic E-state index is -2.83. The van der Waals surface area contributed by atoms with Crippen LogP contribution in [0, 0.1) is 87.3 Å². The molecule has 0 saturated carbocycles. The van der Waals surface area contributed by atoms with E-state index in [2.05, 4.69) is 0 Å². The van der Waals surface area contributed by atoms with Crippen LogP contribution >= 0.6 is 0 Å². The van der Waals surface area contributed by atoms with Crippen molar-refractivity contribution < 1.29 is 65.9 Å². The average Bonchev–Trinajstić information content (AvgIpc) is 2.92. The Labute approximate surface area is 206 Å². The minimum absolute atomic E-state index is 0.265. The fraction of sp³-hybridized carbons (Fsp3) is 0. The fourth-order valence-corrected chi connectivity index (χ4v) is 3.75. The molecule has 0 aliphatic heterocycles. The monoisotopic (exact) mass is 574 g/mol. The van der Waals surface area contributed by atoms with Gasteiger partial charge in [-0.1, -0.05) is 0 Å². The third-order valence-electron chi connectivity index (χ3n) is 5.48. The van der Waals surface area contributed by atoms with Gasteiger partial charge in [-0.15, -0.1) is 0 Å². The van der Waals surface area contributed by atoms with E-state index in [1.54, 1.807) is 0 Å². The van der Waals surface area contributed by atoms with Gasteiger partial charge in [0.15, 0.2) is 0 Å². The molecule has 16 heteroatoms. The molecule has 3 aromatic carbocycles. The average molecular weight is 574 g/mol.